The van der Waals surface area contributed by atoms with Crippen LogP contribution >= 0.6 is 0 Å². The molecule has 0 aliphatic heterocycles. The fraction of sp³-hybridized carbons (Fsp3) is 0.286. The maximum Gasteiger partial charge on any atom is 0.228 e. The van der Waals surface area contributed by atoms with E-state index >= 15 is 0 Å². The predicted molar refractivity (Wildman–Crippen MR) is 78.9 cm³/mol. The molecule has 0 radical (unpaired) electrons. The molecule has 0 amide bonds. The van der Waals surface area contributed by atoms with Gasteiger partial charge in [-0.1, -0.05) is 6.07 Å². The molecule has 1 aromatic heterocycles. The number of benzene rings is 1. The van der Waals surface area contributed by atoms with Crippen LogP contribution in [0.5, 0.6) is 23.1 Å². The van der Waals surface area contributed by atoms with Crippen LogP contribution in [0.1, 0.15) is 11.4 Å². The van der Waals surface area contributed by atoms with Crippen LogP contribution in [-0.4, -0.2) is 24.2 Å². The quantitative estimate of drug-likeness (QED) is 0.644. The van der Waals surface area contributed by atoms with Crippen LogP contribution in [0.15, 0.2) is 18.2 Å². The first-order valence-corrected chi connectivity index (χ1v) is 6.31. The molecule has 0 bridgehead atoms. The highest BCUT2D eigenvalue weighted by Crippen LogP contribution is 2.40. The third-order valence-electron chi connectivity index (χ3n) is 2.93. The summed E-state index contributed by atoms with van der Waals surface area (Å²) in [5, 5.41) is 0. The number of nitrogens with one attached hydrogen (secondary N) is 1. The maximum absolute atomic E-state index is 5.88. The zero-order chi connectivity index (χ0) is 15.4. The minimum Gasteiger partial charge on any atom is -0.493 e. The lowest BCUT2D eigenvalue weighted by Crippen LogP contribution is -2.12. The summed E-state index contributed by atoms with van der Waals surface area (Å²) in [6.07, 6.45) is 0. The molecule has 0 spiro atoms. The zero-order valence-corrected chi connectivity index (χ0v) is 12.4. The SMILES string of the molecule is COc1cccc(OC)c1Oc1nc(C)nc(NN)c1C. The van der Waals surface area contributed by atoms with Gasteiger partial charge < -0.3 is 19.6 Å². The highest BCUT2D eigenvalue weighted by Gasteiger charge is 2.16. The van der Waals surface area contributed by atoms with Crippen molar-refractivity contribution in [2.45, 2.75) is 13.8 Å². The summed E-state index contributed by atoms with van der Waals surface area (Å²) in [7, 11) is 3.12. The first-order valence-electron chi connectivity index (χ1n) is 6.31. The first kappa shape index (κ1) is 14.9. The largest absolute Gasteiger partial charge is 0.493 e. The summed E-state index contributed by atoms with van der Waals surface area (Å²) in [5.41, 5.74) is 3.22. The number of hydrazine groups is 1. The summed E-state index contributed by atoms with van der Waals surface area (Å²) < 4.78 is 16.5. The van der Waals surface area contributed by atoms with E-state index in [1.807, 2.05) is 13.0 Å². The molecule has 0 aliphatic carbocycles. The van der Waals surface area contributed by atoms with Gasteiger partial charge in [0.05, 0.1) is 19.8 Å². The summed E-state index contributed by atoms with van der Waals surface area (Å²) in [6, 6.07) is 5.38. The summed E-state index contributed by atoms with van der Waals surface area (Å²) in [5.74, 6) is 8.43. The molecule has 7 nitrogen and oxygen atoms in total. The van der Waals surface area contributed by atoms with E-state index in [9.17, 15) is 0 Å². The number of aryl methyl sites for hydroxylation is 1. The van der Waals surface area contributed by atoms with Gasteiger partial charge in [-0.2, -0.15) is 4.98 Å². The van der Waals surface area contributed by atoms with Crippen molar-refractivity contribution in [3.05, 3.63) is 29.6 Å². The van der Waals surface area contributed by atoms with E-state index in [0.717, 1.165) is 0 Å². The van der Waals surface area contributed by atoms with Crippen LogP contribution in [0.25, 0.3) is 0 Å². The normalized spacial score (nSPS) is 10.1. The second kappa shape index (κ2) is 6.27. The zero-order valence-electron chi connectivity index (χ0n) is 12.4. The van der Waals surface area contributed by atoms with Crippen LogP contribution in [0.2, 0.25) is 0 Å². The minimum absolute atomic E-state index is 0.387. The first-order chi connectivity index (χ1) is 10.1. The summed E-state index contributed by atoms with van der Waals surface area (Å²) >= 11 is 0. The molecular formula is C14H18N4O3. The Morgan fingerprint density at radius 3 is 2.19 bits per heavy atom. The van der Waals surface area contributed by atoms with Gasteiger partial charge in [0.1, 0.15) is 11.6 Å². The van der Waals surface area contributed by atoms with E-state index < -0.39 is 0 Å². The Bertz CT molecular complexity index is 624. The van der Waals surface area contributed by atoms with Crippen molar-refractivity contribution < 1.29 is 14.2 Å². The lowest BCUT2D eigenvalue weighted by atomic mass is 10.3. The number of nitrogen functional groups attached to an aromatic ring is 1. The molecular weight excluding hydrogens is 272 g/mol. The molecule has 112 valence electrons. The van der Waals surface area contributed by atoms with Crippen molar-refractivity contribution >= 4 is 5.82 Å². The van der Waals surface area contributed by atoms with Gasteiger partial charge in [0.2, 0.25) is 11.6 Å². The molecule has 1 aromatic carbocycles. The predicted octanol–water partition coefficient (Wildman–Crippen LogP) is 2.19. The number of ether oxygens (including phenoxy) is 3. The molecule has 0 aliphatic rings. The van der Waals surface area contributed by atoms with E-state index in [1.54, 1.807) is 33.3 Å². The van der Waals surface area contributed by atoms with Gasteiger partial charge in [0.25, 0.3) is 0 Å². The molecule has 0 unspecified atom stereocenters. The van der Waals surface area contributed by atoms with E-state index in [2.05, 4.69) is 15.4 Å². The Kier molecular flexibility index (Phi) is 4.44. The monoisotopic (exact) mass is 290 g/mol. The molecule has 2 rings (SSSR count). The van der Waals surface area contributed by atoms with E-state index in [-0.39, 0.29) is 0 Å². The molecule has 21 heavy (non-hydrogen) atoms. The number of anilines is 1. The number of nitrogens with two attached hydrogens (primary N) is 1. The van der Waals surface area contributed by atoms with Crippen LogP contribution < -0.4 is 25.5 Å². The topological polar surface area (TPSA) is 91.5 Å². The molecule has 0 saturated heterocycles. The molecule has 1 heterocycles. The van der Waals surface area contributed by atoms with Crippen molar-refractivity contribution in [3.63, 3.8) is 0 Å². The Morgan fingerprint density at radius 1 is 1.05 bits per heavy atom. The molecule has 7 heteroatoms. The van der Waals surface area contributed by atoms with Gasteiger partial charge in [0, 0.05) is 0 Å². The van der Waals surface area contributed by atoms with Crippen molar-refractivity contribution in [1.82, 2.24) is 9.97 Å². The number of hydrogen-bond acceptors (Lipinski definition) is 7. The van der Waals surface area contributed by atoms with E-state index in [0.29, 0.717) is 40.3 Å². The van der Waals surface area contributed by atoms with Crippen molar-refractivity contribution in [2.24, 2.45) is 5.84 Å². The second-order valence-corrected chi connectivity index (χ2v) is 4.29. The summed E-state index contributed by atoms with van der Waals surface area (Å²) in [4.78, 5) is 8.48. The van der Waals surface area contributed by atoms with Crippen molar-refractivity contribution in [1.29, 1.82) is 0 Å². The highest BCUT2D eigenvalue weighted by atomic mass is 16.5. The van der Waals surface area contributed by atoms with Crippen LogP contribution in [0.3, 0.4) is 0 Å². The van der Waals surface area contributed by atoms with E-state index in [4.69, 9.17) is 20.1 Å². The summed E-state index contributed by atoms with van der Waals surface area (Å²) in [6.45, 7) is 3.57. The number of rotatable bonds is 5. The molecule has 2 aromatic rings. The Balaban J connectivity index is 2.50. The van der Waals surface area contributed by atoms with Crippen LogP contribution in [-0.2, 0) is 0 Å². The number of hydrogen-bond donors (Lipinski definition) is 2. The number of para-hydroxylation sites is 1. The fourth-order valence-electron chi connectivity index (χ4n) is 1.86. The van der Waals surface area contributed by atoms with Gasteiger partial charge in [0.15, 0.2) is 11.5 Å². The number of aromatic nitrogens is 2. The lowest BCUT2D eigenvalue weighted by molar-refractivity contribution is 0.340. The smallest absolute Gasteiger partial charge is 0.228 e. The van der Waals surface area contributed by atoms with Gasteiger partial charge in [-0.05, 0) is 26.0 Å². The van der Waals surface area contributed by atoms with Gasteiger partial charge in [-0.25, -0.2) is 10.8 Å². The standard InChI is InChI=1S/C14H18N4O3/c1-8-13(18-15)16-9(2)17-14(8)21-12-10(19-3)6-5-7-11(12)20-4/h5-7H,15H2,1-4H3,(H,16,17,18). The average molecular weight is 290 g/mol. The Hall–Kier alpha value is -2.54. The second-order valence-electron chi connectivity index (χ2n) is 4.29. The lowest BCUT2D eigenvalue weighted by Gasteiger charge is -2.15. The molecule has 0 saturated carbocycles. The third kappa shape index (κ3) is 2.97. The van der Waals surface area contributed by atoms with Gasteiger partial charge >= 0.3 is 0 Å². The van der Waals surface area contributed by atoms with Gasteiger partial charge in [-0.15, -0.1) is 0 Å². The number of nitrogens with zero attached hydrogens (tertiary/aromatic N) is 2. The minimum atomic E-state index is 0.387. The van der Waals surface area contributed by atoms with Gasteiger partial charge in [-0.3, -0.25) is 0 Å². The third-order valence-corrected chi connectivity index (χ3v) is 2.93. The Labute approximate surface area is 123 Å². The van der Waals surface area contributed by atoms with E-state index in [1.165, 1.54) is 0 Å². The average Bonchev–Trinajstić information content (AvgIpc) is 2.50. The van der Waals surface area contributed by atoms with Crippen molar-refractivity contribution in [2.75, 3.05) is 19.6 Å². The maximum atomic E-state index is 5.88. The molecule has 0 atom stereocenters. The molecule has 0 fully saturated rings. The van der Waals surface area contributed by atoms with Crippen LogP contribution in [0.4, 0.5) is 5.82 Å². The fourth-order valence-corrected chi connectivity index (χ4v) is 1.86. The Morgan fingerprint density at radius 2 is 1.67 bits per heavy atom. The van der Waals surface area contributed by atoms with Crippen molar-refractivity contribution in [3.8, 4) is 23.1 Å². The molecule has 3 N–H and O–H groups in total. The highest BCUT2D eigenvalue weighted by molar-refractivity contribution is 5.55. The van der Waals surface area contributed by atoms with Crippen LogP contribution in [0, 0.1) is 13.8 Å². The number of methoxy groups -OCH3 is 2.